The van der Waals surface area contributed by atoms with Gasteiger partial charge in [-0.15, -0.1) is 0 Å². The maximum Gasteiger partial charge on any atom is 0.237 e. The maximum absolute atomic E-state index is 12.8. The number of amides is 2. The molecule has 2 atom stereocenters. The second kappa shape index (κ2) is 6.34. The van der Waals surface area contributed by atoms with Crippen molar-refractivity contribution in [3.05, 3.63) is 60.4 Å². The van der Waals surface area contributed by atoms with Gasteiger partial charge in [0.1, 0.15) is 0 Å². The molecule has 2 aromatic carbocycles. The SMILES string of the molecule is O=C1[C@H]2CCCC[C@H]2C(=O)N1c1cnn(Cc2cccc3ccccc23)c1. The van der Waals surface area contributed by atoms with Crippen LogP contribution in [0, 0.1) is 11.8 Å². The summed E-state index contributed by atoms with van der Waals surface area (Å²) < 4.78 is 1.81. The average Bonchev–Trinajstić information content (AvgIpc) is 3.25. The topological polar surface area (TPSA) is 55.2 Å². The maximum atomic E-state index is 12.8. The van der Waals surface area contributed by atoms with Gasteiger partial charge in [-0.2, -0.15) is 5.10 Å². The van der Waals surface area contributed by atoms with Gasteiger partial charge in [-0.05, 0) is 29.2 Å². The van der Waals surface area contributed by atoms with Crippen molar-refractivity contribution in [2.45, 2.75) is 32.2 Å². The van der Waals surface area contributed by atoms with Crippen molar-refractivity contribution < 1.29 is 9.59 Å². The number of carbonyl (C=O) groups is 2. The van der Waals surface area contributed by atoms with Crippen LogP contribution in [0.15, 0.2) is 54.9 Å². The van der Waals surface area contributed by atoms with Gasteiger partial charge in [-0.25, -0.2) is 4.90 Å². The molecule has 136 valence electrons. The highest BCUT2D eigenvalue weighted by molar-refractivity contribution is 6.22. The fraction of sp³-hybridized carbons (Fsp3) is 0.318. The highest BCUT2D eigenvalue weighted by Crippen LogP contribution is 2.39. The van der Waals surface area contributed by atoms with Crippen molar-refractivity contribution >= 4 is 28.3 Å². The molecule has 27 heavy (non-hydrogen) atoms. The van der Waals surface area contributed by atoms with Gasteiger partial charge in [0, 0.05) is 6.20 Å². The van der Waals surface area contributed by atoms with Crippen molar-refractivity contribution in [1.29, 1.82) is 0 Å². The molecule has 0 N–H and O–H groups in total. The molecule has 1 aliphatic carbocycles. The van der Waals surface area contributed by atoms with Crippen LogP contribution >= 0.6 is 0 Å². The van der Waals surface area contributed by atoms with Crippen LogP contribution in [0.2, 0.25) is 0 Å². The Labute approximate surface area is 157 Å². The first kappa shape index (κ1) is 16.2. The fourth-order valence-electron chi connectivity index (χ4n) is 4.58. The molecule has 2 fully saturated rings. The van der Waals surface area contributed by atoms with E-state index in [1.165, 1.54) is 15.7 Å². The Morgan fingerprint density at radius 3 is 2.41 bits per heavy atom. The molecule has 5 heteroatoms. The van der Waals surface area contributed by atoms with Crippen LogP contribution in [0.4, 0.5) is 5.69 Å². The number of fused-ring (bicyclic) bond motifs is 2. The summed E-state index contributed by atoms with van der Waals surface area (Å²) in [4.78, 5) is 26.9. The summed E-state index contributed by atoms with van der Waals surface area (Å²) in [5, 5.41) is 6.80. The first-order valence-corrected chi connectivity index (χ1v) is 9.59. The van der Waals surface area contributed by atoms with E-state index in [0.29, 0.717) is 12.2 Å². The van der Waals surface area contributed by atoms with Gasteiger partial charge in [-0.3, -0.25) is 14.3 Å². The van der Waals surface area contributed by atoms with Gasteiger partial charge in [0.05, 0.1) is 30.3 Å². The van der Waals surface area contributed by atoms with Crippen molar-refractivity contribution in [1.82, 2.24) is 9.78 Å². The van der Waals surface area contributed by atoms with Gasteiger partial charge < -0.3 is 0 Å². The van der Waals surface area contributed by atoms with Gasteiger partial charge in [0.2, 0.25) is 11.8 Å². The lowest BCUT2D eigenvalue weighted by atomic mass is 9.81. The Kier molecular flexibility index (Phi) is 3.81. The average molecular weight is 359 g/mol. The number of hydrogen-bond acceptors (Lipinski definition) is 3. The van der Waals surface area contributed by atoms with Crippen molar-refractivity contribution in [3.63, 3.8) is 0 Å². The Morgan fingerprint density at radius 1 is 0.926 bits per heavy atom. The quantitative estimate of drug-likeness (QED) is 0.669. The normalized spacial score (nSPS) is 22.4. The number of carbonyl (C=O) groups excluding carboxylic acids is 2. The lowest BCUT2D eigenvalue weighted by Crippen LogP contribution is -2.30. The molecule has 2 aliphatic rings. The zero-order valence-corrected chi connectivity index (χ0v) is 15.0. The number of nitrogens with zero attached hydrogens (tertiary/aromatic N) is 3. The third kappa shape index (κ3) is 2.65. The van der Waals surface area contributed by atoms with Crippen molar-refractivity contribution in [3.8, 4) is 0 Å². The van der Waals surface area contributed by atoms with Crippen LogP contribution in [-0.2, 0) is 16.1 Å². The first-order valence-electron chi connectivity index (χ1n) is 9.59. The van der Waals surface area contributed by atoms with E-state index in [1.54, 1.807) is 10.9 Å². The first-order chi connectivity index (χ1) is 13.2. The Morgan fingerprint density at radius 2 is 1.63 bits per heavy atom. The predicted molar refractivity (Wildman–Crippen MR) is 103 cm³/mol. The highest BCUT2D eigenvalue weighted by atomic mass is 16.2. The number of imide groups is 1. The Bertz CT molecular complexity index is 1010. The largest absolute Gasteiger partial charge is 0.274 e. The lowest BCUT2D eigenvalue weighted by Gasteiger charge is -2.19. The number of aromatic nitrogens is 2. The molecule has 1 aromatic heterocycles. The lowest BCUT2D eigenvalue weighted by molar-refractivity contribution is -0.122. The molecule has 5 rings (SSSR count). The van der Waals surface area contributed by atoms with Gasteiger partial charge in [-0.1, -0.05) is 55.3 Å². The zero-order valence-electron chi connectivity index (χ0n) is 15.0. The van der Waals surface area contributed by atoms with Crippen LogP contribution in [0.1, 0.15) is 31.2 Å². The molecule has 3 aromatic rings. The van der Waals surface area contributed by atoms with E-state index in [4.69, 9.17) is 0 Å². The van der Waals surface area contributed by atoms with Crippen molar-refractivity contribution in [2.24, 2.45) is 11.8 Å². The van der Waals surface area contributed by atoms with E-state index in [0.717, 1.165) is 31.2 Å². The molecule has 2 heterocycles. The molecule has 0 radical (unpaired) electrons. The van der Waals surface area contributed by atoms with Crippen molar-refractivity contribution in [2.75, 3.05) is 4.90 Å². The zero-order chi connectivity index (χ0) is 18.4. The minimum atomic E-state index is -0.132. The number of hydrogen-bond donors (Lipinski definition) is 0. The third-order valence-corrected chi connectivity index (χ3v) is 5.93. The second-order valence-electron chi connectivity index (χ2n) is 7.54. The summed E-state index contributed by atoms with van der Waals surface area (Å²) in [6, 6.07) is 14.5. The molecule has 2 amide bonds. The summed E-state index contributed by atoms with van der Waals surface area (Å²) in [5.41, 5.74) is 1.76. The standard InChI is InChI=1S/C22H21N3O2/c26-21-19-10-3-4-11-20(19)22(27)25(21)17-12-23-24(14-17)13-16-8-5-7-15-6-1-2-9-18(15)16/h1-2,5-9,12,14,19-20H,3-4,10-11,13H2/t19-,20+. The van der Waals surface area contributed by atoms with E-state index in [-0.39, 0.29) is 23.7 Å². The molecule has 1 aliphatic heterocycles. The van der Waals surface area contributed by atoms with E-state index >= 15 is 0 Å². The minimum Gasteiger partial charge on any atom is -0.274 e. The van der Waals surface area contributed by atoms with Crippen LogP contribution < -0.4 is 4.90 Å². The molecule has 1 saturated heterocycles. The predicted octanol–water partition coefficient (Wildman–Crippen LogP) is 3.76. The molecular weight excluding hydrogens is 338 g/mol. The summed E-state index contributed by atoms with van der Waals surface area (Å²) in [7, 11) is 0. The van der Waals surface area contributed by atoms with Gasteiger partial charge >= 0.3 is 0 Å². The summed E-state index contributed by atoms with van der Waals surface area (Å²) in [6.07, 6.45) is 7.18. The van der Waals surface area contributed by atoms with E-state index in [2.05, 4.69) is 29.4 Å². The monoisotopic (exact) mass is 359 g/mol. The number of anilines is 1. The Balaban J connectivity index is 1.43. The van der Waals surface area contributed by atoms with Gasteiger partial charge in [0.15, 0.2) is 0 Å². The van der Waals surface area contributed by atoms with Crippen LogP contribution in [0.5, 0.6) is 0 Å². The summed E-state index contributed by atoms with van der Waals surface area (Å²) in [5.74, 6) is -0.357. The van der Waals surface area contributed by atoms with Crippen LogP contribution in [0.3, 0.4) is 0 Å². The van der Waals surface area contributed by atoms with E-state index in [1.807, 2.05) is 24.4 Å². The molecule has 1 saturated carbocycles. The number of rotatable bonds is 3. The minimum absolute atomic E-state index is 0.0468. The summed E-state index contributed by atoms with van der Waals surface area (Å²) >= 11 is 0. The summed E-state index contributed by atoms with van der Waals surface area (Å²) in [6.45, 7) is 0.602. The molecular formula is C22H21N3O2. The van der Waals surface area contributed by atoms with E-state index < -0.39 is 0 Å². The molecule has 0 spiro atoms. The third-order valence-electron chi connectivity index (χ3n) is 5.93. The molecule has 5 nitrogen and oxygen atoms in total. The fourth-order valence-corrected chi connectivity index (χ4v) is 4.58. The smallest absolute Gasteiger partial charge is 0.237 e. The number of benzene rings is 2. The molecule has 0 unspecified atom stereocenters. The van der Waals surface area contributed by atoms with Gasteiger partial charge in [0.25, 0.3) is 0 Å². The van der Waals surface area contributed by atoms with Crippen LogP contribution in [-0.4, -0.2) is 21.6 Å². The Hall–Kier alpha value is -2.95. The highest BCUT2D eigenvalue weighted by Gasteiger charge is 2.49. The molecule has 0 bridgehead atoms. The van der Waals surface area contributed by atoms with Crippen LogP contribution in [0.25, 0.3) is 10.8 Å². The van der Waals surface area contributed by atoms with E-state index in [9.17, 15) is 9.59 Å². The second-order valence-corrected chi connectivity index (χ2v) is 7.54.